The van der Waals surface area contributed by atoms with E-state index in [1.807, 2.05) is 0 Å². The summed E-state index contributed by atoms with van der Waals surface area (Å²) in [6.45, 7) is 2.09. The van der Waals surface area contributed by atoms with Gasteiger partial charge in [-0.1, -0.05) is 6.07 Å². The first-order valence-electron chi connectivity index (χ1n) is 8.93. The molecule has 29 heavy (non-hydrogen) atoms. The summed E-state index contributed by atoms with van der Waals surface area (Å²) >= 11 is 0. The van der Waals surface area contributed by atoms with Gasteiger partial charge in [0.05, 0.1) is 27.2 Å². The Morgan fingerprint density at radius 2 is 1.66 bits per heavy atom. The Bertz CT molecular complexity index is 973. The molecule has 0 heterocycles. The second kappa shape index (κ2) is 9.62. The van der Waals surface area contributed by atoms with Gasteiger partial charge in [0.25, 0.3) is 0 Å². The Balaban J connectivity index is 2.24. The number of nitrogens with zero attached hydrogens (tertiary/aromatic N) is 1. The van der Waals surface area contributed by atoms with Gasteiger partial charge in [-0.15, -0.1) is 0 Å². The van der Waals surface area contributed by atoms with Crippen LogP contribution in [0.1, 0.15) is 12.5 Å². The summed E-state index contributed by atoms with van der Waals surface area (Å²) < 4.78 is 42.2. The van der Waals surface area contributed by atoms with Crippen LogP contribution in [0.4, 0.5) is 5.69 Å². The first kappa shape index (κ1) is 22.5. The Morgan fingerprint density at radius 1 is 1.00 bits per heavy atom. The molecule has 0 fully saturated rings. The van der Waals surface area contributed by atoms with Crippen LogP contribution in [0.15, 0.2) is 41.3 Å². The monoisotopic (exact) mass is 422 g/mol. The third kappa shape index (κ3) is 5.39. The molecule has 0 radical (unpaired) electrons. The normalized spacial score (nSPS) is 11.2. The maximum Gasteiger partial charge on any atom is 0.246 e. The van der Waals surface area contributed by atoms with Crippen LogP contribution in [-0.2, 0) is 21.2 Å². The van der Waals surface area contributed by atoms with E-state index in [1.54, 1.807) is 31.2 Å². The van der Waals surface area contributed by atoms with Gasteiger partial charge in [-0.05, 0) is 42.8 Å². The highest BCUT2D eigenvalue weighted by atomic mass is 32.2. The lowest BCUT2D eigenvalue weighted by molar-refractivity contribution is -0.115. The maximum atomic E-state index is 12.6. The molecule has 0 aliphatic heterocycles. The van der Waals surface area contributed by atoms with E-state index in [4.69, 9.17) is 14.2 Å². The zero-order chi connectivity index (χ0) is 21.6. The number of rotatable bonds is 9. The topological polar surface area (TPSA) is 94.2 Å². The minimum atomic E-state index is -3.74. The molecule has 0 atom stereocenters. The second-order valence-corrected chi connectivity index (χ2v) is 8.42. The molecule has 2 rings (SSSR count). The highest BCUT2D eigenvalue weighted by Crippen LogP contribution is 2.30. The summed E-state index contributed by atoms with van der Waals surface area (Å²) in [5.41, 5.74) is 1.09. The van der Waals surface area contributed by atoms with Crippen molar-refractivity contribution in [1.29, 1.82) is 0 Å². The Labute approximate surface area is 171 Å². The van der Waals surface area contributed by atoms with Crippen molar-refractivity contribution in [3.05, 3.63) is 42.0 Å². The molecule has 8 nitrogen and oxygen atoms in total. The SMILES string of the molecule is CCOc1ccc(NC(=O)Cc2ccc(OC)c(OC)c2)cc1S(=O)(=O)N(C)C. The number of benzene rings is 2. The quantitative estimate of drug-likeness (QED) is 0.667. The maximum absolute atomic E-state index is 12.6. The van der Waals surface area contributed by atoms with E-state index in [2.05, 4.69) is 5.32 Å². The molecule has 158 valence electrons. The number of hydrogen-bond acceptors (Lipinski definition) is 6. The first-order valence-corrected chi connectivity index (χ1v) is 10.4. The minimum Gasteiger partial charge on any atom is -0.493 e. The fraction of sp³-hybridized carbons (Fsp3) is 0.350. The van der Waals surface area contributed by atoms with Crippen LogP contribution in [0.25, 0.3) is 0 Å². The van der Waals surface area contributed by atoms with Crippen molar-refractivity contribution in [2.75, 3.05) is 40.2 Å². The number of carbonyl (C=O) groups excluding carboxylic acids is 1. The van der Waals surface area contributed by atoms with Gasteiger partial charge >= 0.3 is 0 Å². The molecule has 0 saturated carbocycles. The molecular weight excluding hydrogens is 396 g/mol. The molecule has 2 aromatic rings. The fourth-order valence-electron chi connectivity index (χ4n) is 2.64. The number of methoxy groups -OCH3 is 2. The molecule has 1 amide bonds. The van der Waals surface area contributed by atoms with Crippen molar-refractivity contribution >= 4 is 21.6 Å². The number of hydrogen-bond donors (Lipinski definition) is 1. The number of anilines is 1. The van der Waals surface area contributed by atoms with Crippen molar-refractivity contribution in [3.63, 3.8) is 0 Å². The molecule has 0 aliphatic rings. The molecule has 9 heteroatoms. The molecule has 0 saturated heterocycles. The predicted molar refractivity (Wildman–Crippen MR) is 110 cm³/mol. The van der Waals surface area contributed by atoms with Crippen LogP contribution in [0, 0.1) is 0 Å². The van der Waals surface area contributed by atoms with Crippen LogP contribution >= 0.6 is 0 Å². The zero-order valence-electron chi connectivity index (χ0n) is 17.2. The minimum absolute atomic E-state index is 0.00623. The first-order chi connectivity index (χ1) is 13.7. The third-order valence-electron chi connectivity index (χ3n) is 4.10. The van der Waals surface area contributed by atoms with E-state index in [0.717, 1.165) is 9.87 Å². The molecule has 0 spiro atoms. The average Bonchev–Trinajstić information content (AvgIpc) is 2.68. The number of amides is 1. The predicted octanol–water partition coefficient (Wildman–Crippen LogP) is 2.53. The van der Waals surface area contributed by atoms with Crippen LogP contribution in [0.5, 0.6) is 17.2 Å². The van der Waals surface area contributed by atoms with E-state index in [0.29, 0.717) is 23.8 Å². The summed E-state index contributed by atoms with van der Waals surface area (Å²) in [4.78, 5) is 12.5. The molecule has 0 unspecified atom stereocenters. The largest absolute Gasteiger partial charge is 0.493 e. The fourth-order valence-corrected chi connectivity index (χ4v) is 3.69. The molecule has 0 aromatic heterocycles. The zero-order valence-corrected chi connectivity index (χ0v) is 18.0. The van der Waals surface area contributed by atoms with Gasteiger partial charge in [-0.25, -0.2) is 12.7 Å². The van der Waals surface area contributed by atoms with Gasteiger partial charge < -0.3 is 19.5 Å². The van der Waals surface area contributed by atoms with Crippen molar-refractivity contribution in [2.24, 2.45) is 0 Å². The number of nitrogens with one attached hydrogen (secondary N) is 1. The second-order valence-electron chi connectivity index (χ2n) is 6.30. The highest BCUT2D eigenvalue weighted by molar-refractivity contribution is 7.89. The van der Waals surface area contributed by atoms with E-state index >= 15 is 0 Å². The number of sulfonamides is 1. The Kier molecular flexibility index (Phi) is 7.46. The van der Waals surface area contributed by atoms with Crippen LogP contribution in [0.2, 0.25) is 0 Å². The lowest BCUT2D eigenvalue weighted by Crippen LogP contribution is -2.23. The van der Waals surface area contributed by atoms with Gasteiger partial charge in [-0.3, -0.25) is 4.79 Å². The van der Waals surface area contributed by atoms with Gasteiger partial charge in [0.15, 0.2) is 11.5 Å². The van der Waals surface area contributed by atoms with Crippen molar-refractivity contribution in [3.8, 4) is 17.2 Å². The molecular formula is C20H26N2O6S. The summed E-state index contributed by atoms with van der Waals surface area (Å²) in [5.74, 6) is 1.04. The smallest absolute Gasteiger partial charge is 0.246 e. The van der Waals surface area contributed by atoms with Crippen molar-refractivity contribution < 1.29 is 27.4 Å². The third-order valence-corrected chi connectivity index (χ3v) is 5.93. The Morgan fingerprint density at radius 3 is 2.24 bits per heavy atom. The molecule has 1 N–H and O–H groups in total. The lowest BCUT2D eigenvalue weighted by Gasteiger charge is -2.16. The highest BCUT2D eigenvalue weighted by Gasteiger charge is 2.23. The van der Waals surface area contributed by atoms with E-state index < -0.39 is 10.0 Å². The number of ether oxygens (including phenoxy) is 3. The van der Waals surface area contributed by atoms with E-state index in [-0.39, 0.29) is 23.0 Å². The van der Waals surface area contributed by atoms with Crippen LogP contribution in [-0.4, -0.2) is 53.6 Å². The van der Waals surface area contributed by atoms with Crippen molar-refractivity contribution in [2.45, 2.75) is 18.2 Å². The van der Waals surface area contributed by atoms with Crippen LogP contribution in [0.3, 0.4) is 0 Å². The summed E-state index contributed by atoms with van der Waals surface area (Å²) in [6.07, 6.45) is 0.0866. The van der Waals surface area contributed by atoms with Gasteiger partial charge in [0.2, 0.25) is 15.9 Å². The standard InChI is InChI=1S/C20H26N2O6S/c1-6-28-17-10-8-15(13-19(17)29(24,25)22(2)3)21-20(23)12-14-7-9-16(26-4)18(11-14)27-5/h7-11,13H,6,12H2,1-5H3,(H,21,23). The average molecular weight is 423 g/mol. The van der Waals surface area contributed by atoms with Gasteiger partial charge in [0.1, 0.15) is 10.6 Å². The van der Waals surface area contributed by atoms with Gasteiger partial charge in [0, 0.05) is 19.8 Å². The number of carbonyl (C=O) groups is 1. The molecule has 0 aliphatic carbocycles. The molecule has 2 aromatic carbocycles. The molecule has 0 bridgehead atoms. The van der Waals surface area contributed by atoms with E-state index in [9.17, 15) is 13.2 Å². The van der Waals surface area contributed by atoms with Crippen LogP contribution < -0.4 is 19.5 Å². The van der Waals surface area contributed by atoms with Gasteiger partial charge in [-0.2, -0.15) is 0 Å². The summed E-state index contributed by atoms with van der Waals surface area (Å²) in [7, 11) is 2.20. The lowest BCUT2D eigenvalue weighted by atomic mass is 10.1. The van der Waals surface area contributed by atoms with Crippen molar-refractivity contribution in [1.82, 2.24) is 4.31 Å². The summed E-state index contributed by atoms with van der Waals surface area (Å²) in [5, 5.41) is 2.73. The Hall–Kier alpha value is -2.78. The summed E-state index contributed by atoms with van der Waals surface area (Å²) in [6, 6.07) is 9.74. The van der Waals surface area contributed by atoms with E-state index in [1.165, 1.54) is 40.4 Å².